The molecule has 0 aliphatic carbocycles. The van der Waals surface area contributed by atoms with E-state index in [1.165, 1.54) is 73.2 Å². The van der Waals surface area contributed by atoms with Gasteiger partial charge < -0.3 is 0 Å². The van der Waals surface area contributed by atoms with Gasteiger partial charge in [-0.05, 0) is 86.3 Å². The van der Waals surface area contributed by atoms with Crippen LogP contribution in [-0.2, 0) is 0 Å². The lowest BCUT2D eigenvalue weighted by atomic mass is 10.1. The van der Waals surface area contributed by atoms with Crippen molar-refractivity contribution in [2.45, 2.75) is 44.9 Å². The largest absolute Gasteiger partial charge is 0.112 e. The third-order valence-corrected chi connectivity index (χ3v) is 15.7. The van der Waals surface area contributed by atoms with Crippen molar-refractivity contribution in [3.05, 3.63) is 152 Å². The lowest BCUT2D eigenvalue weighted by Crippen LogP contribution is -2.33. The molecule has 0 aliphatic rings. The number of hydrogen-bond donors (Lipinski definition) is 0. The van der Waals surface area contributed by atoms with Gasteiger partial charge in [-0.15, -0.1) is 0 Å². The fourth-order valence-corrected chi connectivity index (χ4v) is 13.3. The van der Waals surface area contributed by atoms with Crippen molar-refractivity contribution in [3.63, 3.8) is 0 Å². The SMILES string of the molecule is c1ccc([PH+](CCCCCCCCC[P+](c2ccccc2)(c2ccccc2)c2ccccc2)c2ccccc2)cc1. The monoisotopic (exact) mass is 574 g/mol. The van der Waals surface area contributed by atoms with Crippen LogP contribution in [0.25, 0.3) is 0 Å². The molecule has 0 radical (unpaired) electrons. The fraction of sp³-hybridized carbons (Fsp3) is 0.231. The predicted molar refractivity (Wildman–Crippen MR) is 188 cm³/mol. The van der Waals surface area contributed by atoms with Crippen LogP contribution in [-0.4, -0.2) is 12.3 Å². The highest BCUT2D eigenvalue weighted by Crippen LogP contribution is 2.56. The zero-order chi connectivity index (χ0) is 28.0. The third kappa shape index (κ3) is 7.83. The summed E-state index contributed by atoms with van der Waals surface area (Å²) < 4.78 is 0. The topological polar surface area (TPSA) is 0 Å². The molecule has 5 rings (SSSR count). The molecule has 0 aliphatic heterocycles. The molecule has 0 saturated heterocycles. The molecule has 41 heavy (non-hydrogen) atoms. The Labute approximate surface area is 250 Å². The molecule has 5 aromatic carbocycles. The number of rotatable bonds is 15. The maximum absolute atomic E-state index is 2.37. The Morgan fingerprint density at radius 2 is 0.659 bits per heavy atom. The van der Waals surface area contributed by atoms with Gasteiger partial charge in [-0.25, -0.2) is 0 Å². The van der Waals surface area contributed by atoms with Crippen LogP contribution in [0.5, 0.6) is 0 Å². The predicted octanol–water partition coefficient (Wildman–Crippen LogP) is 8.58. The van der Waals surface area contributed by atoms with Gasteiger partial charge in [0.2, 0.25) is 0 Å². The summed E-state index contributed by atoms with van der Waals surface area (Å²) >= 11 is 0. The molecular formula is C39H44P2+2. The van der Waals surface area contributed by atoms with Gasteiger partial charge in [-0.3, -0.25) is 0 Å². The maximum atomic E-state index is 2.37. The van der Waals surface area contributed by atoms with Gasteiger partial charge in [0.25, 0.3) is 0 Å². The Balaban J connectivity index is 1.15. The standard InChI is InChI=1S/C39H43P2/c1(2-4-21-33-40(35-23-11-6-12-24-35)36-25-13-7-14-26-36)3-5-22-34-41(37-27-15-8-16-28-37,38-29-17-9-18-30-38)39-31-19-10-20-32-39/h6-20,23-32H,1-5,21-22,33-34H2/q+1/p+1. The van der Waals surface area contributed by atoms with Crippen LogP contribution >= 0.6 is 15.2 Å². The van der Waals surface area contributed by atoms with Crippen molar-refractivity contribution >= 4 is 41.7 Å². The summed E-state index contributed by atoms with van der Waals surface area (Å²) in [6, 6.07) is 56.4. The molecule has 0 bridgehead atoms. The van der Waals surface area contributed by atoms with Crippen molar-refractivity contribution in [2.75, 3.05) is 12.3 Å². The highest BCUT2D eigenvalue weighted by Gasteiger charge is 2.44. The second-order valence-corrected chi connectivity index (χ2v) is 17.2. The van der Waals surface area contributed by atoms with Crippen LogP contribution in [0.3, 0.4) is 0 Å². The van der Waals surface area contributed by atoms with Crippen molar-refractivity contribution in [2.24, 2.45) is 0 Å². The smallest absolute Gasteiger partial charge is 0.0620 e. The van der Waals surface area contributed by atoms with Gasteiger partial charge in [0.05, 0.1) is 30.9 Å². The highest BCUT2D eigenvalue weighted by atomic mass is 31.2. The van der Waals surface area contributed by atoms with E-state index in [0.717, 1.165) is 0 Å². The molecule has 0 heterocycles. The molecule has 208 valence electrons. The molecule has 0 spiro atoms. The minimum atomic E-state index is -1.69. The normalized spacial score (nSPS) is 11.5. The van der Waals surface area contributed by atoms with Gasteiger partial charge in [0.1, 0.15) is 23.2 Å². The van der Waals surface area contributed by atoms with E-state index in [1.807, 2.05) is 0 Å². The minimum Gasteiger partial charge on any atom is -0.0620 e. The first-order chi connectivity index (χ1) is 20.4. The van der Waals surface area contributed by atoms with Crippen LogP contribution < -0.4 is 26.5 Å². The van der Waals surface area contributed by atoms with E-state index in [1.54, 1.807) is 10.6 Å². The summed E-state index contributed by atoms with van der Waals surface area (Å²) in [7, 11) is -2.38. The average molecular weight is 575 g/mol. The quantitative estimate of drug-likeness (QED) is 0.0868. The van der Waals surface area contributed by atoms with E-state index in [0.29, 0.717) is 0 Å². The average Bonchev–Trinajstić information content (AvgIpc) is 3.06. The first-order valence-corrected chi connectivity index (χ1v) is 19.1. The summed E-state index contributed by atoms with van der Waals surface area (Å²) in [5, 5.41) is 7.61. The summed E-state index contributed by atoms with van der Waals surface area (Å²) in [5.74, 6) is 0. The molecule has 2 heteroatoms. The molecule has 0 nitrogen and oxygen atoms in total. The molecular weight excluding hydrogens is 530 g/mol. The van der Waals surface area contributed by atoms with E-state index in [2.05, 4.69) is 152 Å². The Bertz CT molecular complexity index is 1250. The maximum Gasteiger partial charge on any atom is 0.112 e. The van der Waals surface area contributed by atoms with E-state index >= 15 is 0 Å². The van der Waals surface area contributed by atoms with Gasteiger partial charge in [-0.2, -0.15) is 0 Å². The number of benzene rings is 5. The first kappa shape index (κ1) is 29.5. The first-order valence-electron chi connectivity index (χ1n) is 15.4. The summed E-state index contributed by atoms with van der Waals surface area (Å²) in [5.41, 5.74) is 0. The molecule has 0 fully saturated rings. The lowest BCUT2D eigenvalue weighted by molar-refractivity contribution is 0.604. The number of hydrogen-bond acceptors (Lipinski definition) is 0. The van der Waals surface area contributed by atoms with Crippen molar-refractivity contribution in [1.82, 2.24) is 0 Å². The molecule has 5 aromatic rings. The van der Waals surface area contributed by atoms with E-state index in [9.17, 15) is 0 Å². The minimum absolute atomic E-state index is 0.692. The van der Waals surface area contributed by atoms with Gasteiger partial charge >= 0.3 is 0 Å². The van der Waals surface area contributed by atoms with Crippen LogP contribution in [0.15, 0.2) is 152 Å². The van der Waals surface area contributed by atoms with Crippen LogP contribution in [0.1, 0.15) is 44.9 Å². The molecule has 0 atom stereocenters. The molecule has 0 saturated carbocycles. The molecule has 0 unspecified atom stereocenters. The van der Waals surface area contributed by atoms with Crippen molar-refractivity contribution in [1.29, 1.82) is 0 Å². The summed E-state index contributed by atoms with van der Waals surface area (Å²) in [6.07, 6.45) is 11.9. The Hall–Kier alpha value is -3.04. The number of unbranched alkanes of at least 4 members (excludes halogenated alkanes) is 6. The zero-order valence-electron chi connectivity index (χ0n) is 24.2. The third-order valence-electron chi connectivity index (χ3n) is 8.26. The fourth-order valence-electron chi connectivity index (χ4n) is 6.15. The van der Waals surface area contributed by atoms with Crippen LogP contribution in [0.2, 0.25) is 0 Å². The van der Waals surface area contributed by atoms with Gasteiger partial charge in [-0.1, -0.05) is 110 Å². The second-order valence-electron chi connectivity index (χ2n) is 11.0. The van der Waals surface area contributed by atoms with Crippen LogP contribution in [0.4, 0.5) is 0 Å². The van der Waals surface area contributed by atoms with E-state index < -0.39 is 15.2 Å². The lowest BCUT2D eigenvalue weighted by Gasteiger charge is -2.27. The highest BCUT2D eigenvalue weighted by molar-refractivity contribution is 7.95. The van der Waals surface area contributed by atoms with E-state index in [-0.39, 0.29) is 0 Å². The molecule has 0 aromatic heterocycles. The Kier molecular flexibility index (Phi) is 11.4. The van der Waals surface area contributed by atoms with Crippen molar-refractivity contribution < 1.29 is 0 Å². The second kappa shape index (κ2) is 15.8. The molecule has 0 amide bonds. The van der Waals surface area contributed by atoms with E-state index in [4.69, 9.17) is 0 Å². The van der Waals surface area contributed by atoms with Gasteiger partial charge in [0.15, 0.2) is 0 Å². The Morgan fingerprint density at radius 1 is 0.341 bits per heavy atom. The van der Waals surface area contributed by atoms with Crippen LogP contribution in [0, 0.1) is 0 Å². The Morgan fingerprint density at radius 3 is 1.05 bits per heavy atom. The van der Waals surface area contributed by atoms with Gasteiger partial charge in [0, 0.05) is 0 Å². The molecule has 0 N–H and O–H groups in total. The zero-order valence-corrected chi connectivity index (χ0v) is 26.1. The summed E-state index contributed by atoms with van der Waals surface area (Å²) in [6.45, 7) is 0. The summed E-state index contributed by atoms with van der Waals surface area (Å²) in [4.78, 5) is 0. The van der Waals surface area contributed by atoms with Crippen molar-refractivity contribution in [3.8, 4) is 0 Å².